The van der Waals surface area contributed by atoms with Gasteiger partial charge in [0.05, 0.1) is 5.69 Å². The largest absolute Gasteiger partial charge is 0.273 e. The van der Waals surface area contributed by atoms with E-state index in [-0.39, 0.29) is 14.8 Å². The second-order valence-electron chi connectivity index (χ2n) is 3.32. The molecule has 0 unspecified atom stereocenters. The maximum Gasteiger partial charge on any atom is 0.273 e. The number of pyridine rings is 1. The molecule has 2 aromatic heterocycles. The van der Waals surface area contributed by atoms with Crippen LogP contribution in [0.2, 0.25) is 5.15 Å². The average Bonchev–Trinajstić information content (AvgIpc) is 2.53. The predicted octanol–water partition coefficient (Wildman–Crippen LogP) is 3.00. The van der Waals surface area contributed by atoms with E-state index in [4.69, 9.17) is 11.6 Å². The number of imidazole rings is 1. The molecule has 0 N–H and O–H groups in total. The quantitative estimate of drug-likeness (QED) is 0.708. The summed E-state index contributed by atoms with van der Waals surface area (Å²) in [5.74, 6) is 0. The number of rotatable bonds is 2. The van der Waals surface area contributed by atoms with Gasteiger partial charge < -0.3 is 0 Å². The summed E-state index contributed by atoms with van der Waals surface area (Å²) in [7, 11) is -3.83. The van der Waals surface area contributed by atoms with Crippen LogP contribution < -0.4 is 0 Å². The fourth-order valence-corrected chi connectivity index (χ4v) is 4.90. The minimum absolute atomic E-state index is 0.0691. The molecular weight excluding hydrogens is 409 g/mol. The Hall–Kier alpha value is -0.440. The zero-order chi connectivity index (χ0) is 13.5. The maximum absolute atomic E-state index is 12.5. The highest BCUT2D eigenvalue weighted by Gasteiger charge is 2.26. The normalized spacial score (nSPS) is 11.8. The van der Waals surface area contributed by atoms with Gasteiger partial charge in [-0.1, -0.05) is 11.6 Å². The predicted molar refractivity (Wildman–Crippen MR) is 74.2 cm³/mol. The van der Waals surface area contributed by atoms with Crippen LogP contribution in [-0.2, 0) is 10.0 Å². The van der Waals surface area contributed by atoms with E-state index in [1.165, 1.54) is 18.3 Å². The molecule has 9 heteroatoms. The number of hydrogen-bond donors (Lipinski definition) is 0. The van der Waals surface area contributed by atoms with E-state index in [2.05, 4.69) is 41.8 Å². The van der Waals surface area contributed by atoms with E-state index in [1.54, 1.807) is 6.92 Å². The first-order valence-corrected chi connectivity index (χ1v) is 8.02. The molecule has 96 valence electrons. The van der Waals surface area contributed by atoms with Gasteiger partial charge in [0.25, 0.3) is 10.0 Å². The number of halogens is 3. The molecule has 0 saturated heterocycles. The molecule has 0 aliphatic heterocycles. The Kier molecular flexibility index (Phi) is 3.82. The van der Waals surface area contributed by atoms with Gasteiger partial charge in [-0.15, -0.1) is 0 Å². The fraction of sp³-hybridized carbons (Fsp3) is 0.111. The van der Waals surface area contributed by atoms with Gasteiger partial charge in [-0.3, -0.25) is 0 Å². The molecule has 0 aliphatic rings. The molecule has 0 saturated carbocycles. The lowest BCUT2D eigenvalue weighted by Crippen LogP contribution is -2.15. The summed E-state index contributed by atoms with van der Waals surface area (Å²) in [6.45, 7) is 1.63. The average molecular weight is 415 g/mol. The van der Waals surface area contributed by atoms with Crippen LogP contribution in [0.1, 0.15) is 5.69 Å². The second kappa shape index (κ2) is 4.92. The molecule has 2 aromatic rings. The van der Waals surface area contributed by atoms with E-state index in [0.717, 1.165) is 3.97 Å². The van der Waals surface area contributed by atoms with Crippen LogP contribution in [0, 0.1) is 6.92 Å². The van der Waals surface area contributed by atoms with Crippen molar-refractivity contribution in [1.29, 1.82) is 0 Å². The van der Waals surface area contributed by atoms with Crippen molar-refractivity contribution >= 4 is 53.5 Å². The van der Waals surface area contributed by atoms with Crippen molar-refractivity contribution in [2.75, 3.05) is 0 Å². The van der Waals surface area contributed by atoms with Gasteiger partial charge >= 0.3 is 0 Å². The van der Waals surface area contributed by atoms with Crippen LogP contribution in [-0.4, -0.2) is 22.4 Å². The molecule has 0 atom stereocenters. The second-order valence-corrected chi connectivity index (χ2v) is 6.89. The first-order chi connectivity index (χ1) is 8.35. The van der Waals surface area contributed by atoms with Crippen molar-refractivity contribution in [2.24, 2.45) is 0 Å². The van der Waals surface area contributed by atoms with Crippen LogP contribution in [0.5, 0.6) is 0 Å². The van der Waals surface area contributed by atoms with Gasteiger partial charge in [0.15, 0.2) is 4.73 Å². The Labute approximate surface area is 126 Å². The molecule has 2 heterocycles. The molecule has 0 spiro atoms. The molecule has 5 nitrogen and oxygen atoms in total. The van der Waals surface area contributed by atoms with E-state index >= 15 is 0 Å². The van der Waals surface area contributed by atoms with E-state index in [0.29, 0.717) is 10.3 Å². The minimum Gasteiger partial charge on any atom is -0.243 e. The molecule has 0 fully saturated rings. The van der Waals surface area contributed by atoms with Crippen LogP contribution in [0.4, 0.5) is 0 Å². The van der Waals surface area contributed by atoms with Crippen molar-refractivity contribution in [2.45, 2.75) is 11.8 Å². The Morgan fingerprint density at radius 3 is 2.56 bits per heavy atom. The molecule has 18 heavy (non-hydrogen) atoms. The first-order valence-electron chi connectivity index (χ1n) is 4.62. The monoisotopic (exact) mass is 413 g/mol. The van der Waals surface area contributed by atoms with Gasteiger partial charge in [0.2, 0.25) is 0 Å². The van der Waals surface area contributed by atoms with Gasteiger partial charge in [0, 0.05) is 6.20 Å². The van der Waals surface area contributed by atoms with E-state index in [9.17, 15) is 8.42 Å². The summed E-state index contributed by atoms with van der Waals surface area (Å²) in [5, 5.41) is -0.0753. The molecule has 0 bridgehead atoms. The third-order valence-corrected chi connectivity index (χ3v) is 5.95. The highest BCUT2D eigenvalue weighted by molar-refractivity contribution is 9.11. The SMILES string of the molecule is Cc1c(Br)nc(Br)n1S(=O)(=O)c1cccnc1Cl. The van der Waals surface area contributed by atoms with Crippen molar-refractivity contribution < 1.29 is 8.42 Å². The molecule has 0 radical (unpaired) electrons. The van der Waals surface area contributed by atoms with E-state index in [1.807, 2.05) is 0 Å². The standard InChI is InChI=1S/C9H6Br2ClN3O2S/c1-5-7(10)14-9(11)15(5)18(16,17)6-3-2-4-13-8(6)12/h2-4H,1H3. The van der Waals surface area contributed by atoms with Gasteiger partial charge in [0.1, 0.15) is 14.7 Å². The maximum atomic E-state index is 12.5. The van der Waals surface area contributed by atoms with Crippen LogP contribution >= 0.6 is 43.5 Å². The fourth-order valence-electron chi connectivity index (χ4n) is 1.37. The van der Waals surface area contributed by atoms with Crippen LogP contribution in [0.25, 0.3) is 0 Å². The number of nitrogens with zero attached hydrogens (tertiary/aromatic N) is 3. The molecule has 0 amide bonds. The van der Waals surface area contributed by atoms with Crippen molar-refractivity contribution in [1.82, 2.24) is 13.9 Å². The lowest BCUT2D eigenvalue weighted by Gasteiger charge is -2.09. The van der Waals surface area contributed by atoms with Gasteiger partial charge in [-0.05, 0) is 50.9 Å². The lowest BCUT2D eigenvalue weighted by molar-refractivity contribution is 0.584. The summed E-state index contributed by atoms with van der Waals surface area (Å²) in [4.78, 5) is 7.68. The van der Waals surface area contributed by atoms with Crippen molar-refractivity contribution in [3.05, 3.63) is 38.5 Å². The smallest absolute Gasteiger partial charge is 0.243 e. The minimum atomic E-state index is -3.83. The number of hydrogen-bond acceptors (Lipinski definition) is 4. The molecule has 2 rings (SSSR count). The third-order valence-electron chi connectivity index (χ3n) is 2.20. The van der Waals surface area contributed by atoms with Gasteiger partial charge in [-0.25, -0.2) is 22.4 Å². The van der Waals surface area contributed by atoms with Crippen LogP contribution in [0.15, 0.2) is 32.6 Å². The Balaban J connectivity index is 2.74. The topological polar surface area (TPSA) is 64.8 Å². The highest BCUT2D eigenvalue weighted by atomic mass is 79.9. The lowest BCUT2D eigenvalue weighted by atomic mass is 10.5. The highest BCUT2D eigenvalue weighted by Crippen LogP contribution is 2.28. The van der Waals surface area contributed by atoms with Crippen LogP contribution in [0.3, 0.4) is 0 Å². The summed E-state index contributed by atoms with van der Waals surface area (Å²) >= 11 is 12.1. The Bertz CT molecular complexity index is 715. The summed E-state index contributed by atoms with van der Waals surface area (Å²) in [6, 6.07) is 2.90. The Morgan fingerprint density at radius 2 is 2.06 bits per heavy atom. The van der Waals surface area contributed by atoms with Crippen molar-refractivity contribution in [3.63, 3.8) is 0 Å². The van der Waals surface area contributed by atoms with Crippen molar-refractivity contribution in [3.8, 4) is 0 Å². The summed E-state index contributed by atoms with van der Waals surface area (Å²) in [6.07, 6.45) is 1.42. The molecule has 0 aliphatic carbocycles. The zero-order valence-corrected chi connectivity index (χ0v) is 13.7. The third kappa shape index (κ3) is 2.22. The van der Waals surface area contributed by atoms with E-state index < -0.39 is 10.0 Å². The summed E-state index contributed by atoms with van der Waals surface area (Å²) in [5.41, 5.74) is 0.446. The Morgan fingerprint density at radius 1 is 1.39 bits per heavy atom. The summed E-state index contributed by atoms with van der Waals surface area (Å²) < 4.78 is 26.6. The molecule has 0 aromatic carbocycles. The van der Waals surface area contributed by atoms with Gasteiger partial charge in [-0.2, -0.15) is 0 Å². The molecular formula is C9H6Br2ClN3O2S. The number of aromatic nitrogens is 3. The zero-order valence-electron chi connectivity index (χ0n) is 8.93. The first kappa shape index (κ1) is 14.0.